The Morgan fingerprint density at radius 2 is 2.14 bits per heavy atom. The molecule has 2 aromatic heterocycles. The number of ether oxygens (including phenoxy) is 1. The number of hydrogen-bond donors (Lipinski definition) is 0. The lowest BCUT2D eigenvalue weighted by Gasteiger charge is -2.33. The van der Waals surface area contributed by atoms with E-state index in [9.17, 15) is 4.79 Å². The van der Waals surface area contributed by atoms with Crippen LogP contribution >= 0.6 is 0 Å². The summed E-state index contributed by atoms with van der Waals surface area (Å²) in [5.41, 5.74) is 2.71. The number of nitrogens with zero attached hydrogens (tertiary/aromatic N) is 3. The van der Waals surface area contributed by atoms with Crippen molar-refractivity contribution in [3.63, 3.8) is 0 Å². The van der Waals surface area contributed by atoms with Gasteiger partial charge < -0.3 is 14.2 Å². The lowest BCUT2D eigenvalue weighted by Crippen LogP contribution is -2.43. The Kier molecular flexibility index (Phi) is 4.20. The minimum atomic E-state index is -0.0923. The van der Waals surface area contributed by atoms with Crippen molar-refractivity contribution in [2.75, 3.05) is 19.7 Å². The highest BCUT2D eigenvalue weighted by molar-refractivity contribution is 5.79. The first-order chi connectivity index (χ1) is 10.6. The molecule has 2 aromatic rings. The molecule has 0 spiro atoms. The van der Waals surface area contributed by atoms with Gasteiger partial charge in [0.15, 0.2) is 0 Å². The molecule has 3 heterocycles. The fraction of sp³-hybridized carbons (Fsp3) is 0.438. The van der Waals surface area contributed by atoms with E-state index >= 15 is 0 Å². The molecule has 1 atom stereocenters. The average molecular weight is 301 g/mol. The summed E-state index contributed by atoms with van der Waals surface area (Å²) in [5.74, 6) is 0.793. The molecule has 3 rings (SSSR count). The van der Waals surface area contributed by atoms with Gasteiger partial charge >= 0.3 is 0 Å². The summed E-state index contributed by atoms with van der Waals surface area (Å²) in [7, 11) is 0. The summed E-state index contributed by atoms with van der Waals surface area (Å²) < 4.78 is 10.9. The van der Waals surface area contributed by atoms with Crippen molar-refractivity contribution in [2.45, 2.75) is 26.4 Å². The zero-order valence-electron chi connectivity index (χ0n) is 12.8. The molecule has 6 nitrogen and oxygen atoms in total. The van der Waals surface area contributed by atoms with Gasteiger partial charge in [0.2, 0.25) is 5.91 Å². The third-order valence-electron chi connectivity index (χ3n) is 4.01. The van der Waals surface area contributed by atoms with Crippen LogP contribution in [0, 0.1) is 13.8 Å². The third kappa shape index (κ3) is 3.01. The third-order valence-corrected chi connectivity index (χ3v) is 4.01. The SMILES string of the molecule is Cc1noc(C)c1CC(=O)N1CCO[C@H](c2ccncc2)C1. The lowest BCUT2D eigenvalue weighted by molar-refractivity contribution is -0.138. The Bertz CT molecular complexity index is 634. The number of aromatic nitrogens is 2. The number of carbonyl (C=O) groups is 1. The number of amides is 1. The smallest absolute Gasteiger partial charge is 0.227 e. The summed E-state index contributed by atoms with van der Waals surface area (Å²) in [6.45, 7) is 5.41. The average Bonchev–Trinajstić information content (AvgIpc) is 2.88. The lowest BCUT2D eigenvalue weighted by atomic mass is 10.1. The molecule has 0 N–H and O–H groups in total. The van der Waals surface area contributed by atoms with Gasteiger partial charge in [-0.2, -0.15) is 0 Å². The molecule has 1 amide bonds. The molecule has 0 bridgehead atoms. The van der Waals surface area contributed by atoms with Crippen LogP contribution in [0.5, 0.6) is 0 Å². The molecule has 6 heteroatoms. The minimum absolute atomic E-state index is 0.0803. The van der Waals surface area contributed by atoms with E-state index in [-0.39, 0.29) is 12.0 Å². The zero-order chi connectivity index (χ0) is 15.5. The molecule has 0 saturated carbocycles. The van der Waals surface area contributed by atoms with Crippen molar-refractivity contribution in [3.8, 4) is 0 Å². The van der Waals surface area contributed by atoms with Gasteiger partial charge in [-0.15, -0.1) is 0 Å². The van der Waals surface area contributed by atoms with Crippen LogP contribution in [-0.2, 0) is 16.0 Å². The zero-order valence-corrected chi connectivity index (χ0v) is 12.8. The standard InChI is InChI=1S/C16H19N3O3/c1-11-14(12(2)22-18-11)9-16(20)19-7-8-21-15(10-19)13-3-5-17-6-4-13/h3-6,15H,7-10H2,1-2H3/t15-/m0/s1. The highest BCUT2D eigenvalue weighted by Gasteiger charge is 2.26. The second-order valence-electron chi connectivity index (χ2n) is 5.46. The topological polar surface area (TPSA) is 68.5 Å². The van der Waals surface area contributed by atoms with Crippen LogP contribution in [0.1, 0.15) is 28.7 Å². The highest BCUT2D eigenvalue weighted by Crippen LogP contribution is 2.22. The van der Waals surface area contributed by atoms with Crippen LogP contribution < -0.4 is 0 Å². The fourth-order valence-corrected chi connectivity index (χ4v) is 2.67. The van der Waals surface area contributed by atoms with Gasteiger partial charge in [0.05, 0.1) is 25.3 Å². The van der Waals surface area contributed by atoms with E-state index < -0.39 is 0 Å². The Morgan fingerprint density at radius 1 is 1.36 bits per heavy atom. The van der Waals surface area contributed by atoms with Crippen LogP contribution in [0.4, 0.5) is 0 Å². The maximum Gasteiger partial charge on any atom is 0.227 e. The Morgan fingerprint density at radius 3 is 2.82 bits per heavy atom. The predicted octanol–water partition coefficient (Wildman–Crippen LogP) is 1.83. The molecule has 1 aliphatic heterocycles. The Balaban J connectivity index is 1.68. The monoisotopic (exact) mass is 301 g/mol. The highest BCUT2D eigenvalue weighted by atomic mass is 16.5. The normalized spacial score (nSPS) is 18.5. The number of pyridine rings is 1. The molecule has 0 radical (unpaired) electrons. The molecular formula is C16H19N3O3. The summed E-state index contributed by atoms with van der Waals surface area (Å²) in [6.07, 6.45) is 3.71. The van der Waals surface area contributed by atoms with E-state index in [0.29, 0.717) is 31.9 Å². The summed E-state index contributed by atoms with van der Waals surface area (Å²) >= 11 is 0. The van der Waals surface area contributed by atoms with Gasteiger partial charge in [0, 0.05) is 24.5 Å². The second kappa shape index (κ2) is 6.27. The first-order valence-corrected chi connectivity index (χ1v) is 7.36. The first kappa shape index (κ1) is 14.7. The molecule has 22 heavy (non-hydrogen) atoms. The Labute approximate surface area is 129 Å². The van der Waals surface area contributed by atoms with Gasteiger partial charge in [0.1, 0.15) is 11.9 Å². The van der Waals surface area contributed by atoms with Crippen LogP contribution in [-0.4, -0.2) is 40.6 Å². The summed E-state index contributed by atoms with van der Waals surface area (Å²) in [5, 5.41) is 3.90. The van der Waals surface area contributed by atoms with Gasteiger partial charge in [-0.25, -0.2) is 0 Å². The fourth-order valence-electron chi connectivity index (χ4n) is 2.67. The van der Waals surface area contributed by atoms with E-state index in [0.717, 1.165) is 16.8 Å². The van der Waals surface area contributed by atoms with Gasteiger partial charge in [-0.3, -0.25) is 9.78 Å². The molecule has 1 fully saturated rings. The molecule has 0 unspecified atom stereocenters. The first-order valence-electron chi connectivity index (χ1n) is 7.36. The van der Waals surface area contributed by atoms with Crippen molar-refractivity contribution in [1.82, 2.24) is 15.0 Å². The van der Waals surface area contributed by atoms with Crippen molar-refractivity contribution < 1.29 is 14.1 Å². The van der Waals surface area contributed by atoms with Gasteiger partial charge in [-0.05, 0) is 31.5 Å². The molecule has 0 aromatic carbocycles. The molecule has 1 saturated heterocycles. The van der Waals surface area contributed by atoms with Crippen molar-refractivity contribution >= 4 is 5.91 Å². The Hall–Kier alpha value is -2.21. The van der Waals surface area contributed by atoms with Crippen molar-refractivity contribution in [2.24, 2.45) is 0 Å². The molecule has 0 aliphatic carbocycles. The molecule has 1 aliphatic rings. The van der Waals surface area contributed by atoms with Crippen LogP contribution in [0.15, 0.2) is 29.0 Å². The number of morpholine rings is 1. The van der Waals surface area contributed by atoms with Crippen LogP contribution in [0.25, 0.3) is 0 Å². The van der Waals surface area contributed by atoms with E-state index in [1.807, 2.05) is 30.9 Å². The van der Waals surface area contributed by atoms with Crippen LogP contribution in [0.3, 0.4) is 0 Å². The predicted molar refractivity (Wildman–Crippen MR) is 79.2 cm³/mol. The second-order valence-corrected chi connectivity index (χ2v) is 5.46. The minimum Gasteiger partial charge on any atom is -0.370 e. The van der Waals surface area contributed by atoms with Gasteiger partial charge in [-0.1, -0.05) is 5.16 Å². The van der Waals surface area contributed by atoms with Crippen molar-refractivity contribution in [3.05, 3.63) is 47.1 Å². The number of rotatable bonds is 3. The number of aryl methyl sites for hydroxylation is 2. The number of hydrogen-bond acceptors (Lipinski definition) is 5. The van der Waals surface area contributed by atoms with E-state index in [4.69, 9.17) is 9.26 Å². The quantitative estimate of drug-likeness (QED) is 0.865. The summed E-state index contributed by atoms with van der Waals surface area (Å²) in [4.78, 5) is 18.4. The number of carbonyl (C=O) groups excluding carboxylic acids is 1. The van der Waals surface area contributed by atoms with E-state index in [2.05, 4.69) is 10.1 Å². The van der Waals surface area contributed by atoms with E-state index in [1.54, 1.807) is 12.4 Å². The van der Waals surface area contributed by atoms with Gasteiger partial charge in [0.25, 0.3) is 0 Å². The van der Waals surface area contributed by atoms with Crippen LogP contribution in [0.2, 0.25) is 0 Å². The maximum absolute atomic E-state index is 12.5. The summed E-state index contributed by atoms with van der Waals surface area (Å²) in [6, 6.07) is 3.85. The van der Waals surface area contributed by atoms with Crippen molar-refractivity contribution in [1.29, 1.82) is 0 Å². The molecule has 116 valence electrons. The largest absolute Gasteiger partial charge is 0.370 e. The maximum atomic E-state index is 12.5. The molecular weight excluding hydrogens is 282 g/mol. The van der Waals surface area contributed by atoms with E-state index in [1.165, 1.54) is 0 Å².